The fourth-order valence-electron chi connectivity index (χ4n) is 1.81. The molecule has 0 spiro atoms. The van der Waals surface area contributed by atoms with Gasteiger partial charge in [-0.2, -0.15) is 0 Å². The molecule has 5 nitrogen and oxygen atoms in total. The van der Waals surface area contributed by atoms with Crippen molar-refractivity contribution in [3.05, 3.63) is 58.5 Å². The first-order chi connectivity index (χ1) is 10.1. The number of pyridine rings is 1. The molecule has 0 radical (unpaired) electrons. The number of rotatable bonds is 5. The number of hydrogen-bond donors (Lipinski definition) is 2. The summed E-state index contributed by atoms with van der Waals surface area (Å²) >= 11 is 0. The summed E-state index contributed by atoms with van der Waals surface area (Å²) in [4.78, 5) is 25.6. The highest BCUT2D eigenvalue weighted by molar-refractivity contribution is 5.91. The van der Waals surface area contributed by atoms with E-state index >= 15 is 0 Å². The largest absolute Gasteiger partial charge is 0.478 e. The molecular weight excluding hydrogens is 268 g/mol. The minimum Gasteiger partial charge on any atom is -0.478 e. The molecule has 0 atom stereocenters. The Hall–Kier alpha value is -2.56. The molecule has 0 aliphatic carbocycles. The number of carbonyl (C=O) groups excluding carboxylic acids is 1. The van der Waals surface area contributed by atoms with Crippen LogP contribution in [0.3, 0.4) is 0 Å². The van der Waals surface area contributed by atoms with Crippen molar-refractivity contribution in [3.63, 3.8) is 0 Å². The van der Waals surface area contributed by atoms with Crippen molar-refractivity contribution in [1.82, 2.24) is 4.98 Å². The summed E-state index contributed by atoms with van der Waals surface area (Å²) in [7, 11) is 0. The van der Waals surface area contributed by atoms with E-state index in [1.807, 2.05) is 24.3 Å². The Kier molecular flexibility index (Phi) is 4.77. The van der Waals surface area contributed by atoms with Gasteiger partial charge in [-0.25, -0.2) is 0 Å². The summed E-state index contributed by atoms with van der Waals surface area (Å²) in [5.41, 5.74) is 1.56. The van der Waals surface area contributed by atoms with E-state index in [9.17, 15) is 9.59 Å². The number of nitrogens with one attached hydrogen (secondary N) is 2. The summed E-state index contributed by atoms with van der Waals surface area (Å²) in [6, 6.07) is 10.8. The molecule has 1 aromatic heterocycles. The Balaban J connectivity index is 1.90. The molecule has 5 heteroatoms. The van der Waals surface area contributed by atoms with Crippen LogP contribution in [0.1, 0.15) is 25.3 Å². The van der Waals surface area contributed by atoms with E-state index in [1.165, 1.54) is 17.8 Å². The third-order valence-corrected chi connectivity index (χ3v) is 3.00. The summed E-state index contributed by atoms with van der Waals surface area (Å²) < 4.78 is 5.18. The number of ether oxygens (including phenoxy) is 1. The number of anilines is 1. The van der Waals surface area contributed by atoms with Gasteiger partial charge in [0.15, 0.2) is 12.4 Å². The number of carbonyl (C=O) groups is 1. The second-order valence-corrected chi connectivity index (χ2v) is 4.98. The van der Waals surface area contributed by atoms with Crippen LogP contribution in [0.25, 0.3) is 0 Å². The van der Waals surface area contributed by atoms with Crippen LogP contribution >= 0.6 is 0 Å². The topological polar surface area (TPSA) is 71.2 Å². The first kappa shape index (κ1) is 14.8. The molecule has 110 valence electrons. The van der Waals surface area contributed by atoms with Gasteiger partial charge in [0.25, 0.3) is 11.5 Å². The third-order valence-electron chi connectivity index (χ3n) is 3.00. The van der Waals surface area contributed by atoms with Crippen LogP contribution in [0, 0.1) is 0 Å². The molecule has 0 bridgehead atoms. The predicted molar refractivity (Wildman–Crippen MR) is 81.7 cm³/mol. The maximum atomic E-state index is 11.8. The zero-order chi connectivity index (χ0) is 15.2. The van der Waals surface area contributed by atoms with Gasteiger partial charge in [-0.15, -0.1) is 0 Å². The van der Waals surface area contributed by atoms with Crippen molar-refractivity contribution in [2.75, 3.05) is 11.9 Å². The standard InChI is InChI=1S/C16H18N2O3/c1-11(2)12-5-7-13(8-6-12)18-15(19)10-21-14-4-3-9-17-16(14)20/h3-9,11H,10H2,1-2H3,(H,17,20)(H,18,19). The van der Waals surface area contributed by atoms with E-state index in [-0.39, 0.29) is 23.8 Å². The lowest BCUT2D eigenvalue weighted by Crippen LogP contribution is -2.22. The van der Waals surface area contributed by atoms with Crippen molar-refractivity contribution in [3.8, 4) is 5.75 Å². The Labute approximate surface area is 123 Å². The zero-order valence-corrected chi connectivity index (χ0v) is 12.1. The van der Waals surface area contributed by atoms with E-state index in [0.717, 1.165) is 0 Å². The lowest BCUT2D eigenvalue weighted by atomic mass is 10.0. The van der Waals surface area contributed by atoms with Crippen molar-refractivity contribution >= 4 is 11.6 Å². The van der Waals surface area contributed by atoms with Gasteiger partial charge in [-0.05, 0) is 35.7 Å². The third kappa shape index (κ3) is 4.21. The summed E-state index contributed by atoms with van der Waals surface area (Å²) in [6.45, 7) is 4.01. The number of hydrogen-bond acceptors (Lipinski definition) is 3. The van der Waals surface area contributed by atoms with Gasteiger partial charge in [0.2, 0.25) is 0 Å². The molecule has 2 N–H and O–H groups in total. The molecule has 0 saturated carbocycles. The second kappa shape index (κ2) is 6.74. The van der Waals surface area contributed by atoms with Crippen molar-refractivity contribution in [1.29, 1.82) is 0 Å². The predicted octanol–water partition coefficient (Wildman–Crippen LogP) is 2.52. The van der Waals surface area contributed by atoms with E-state index in [0.29, 0.717) is 11.6 Å². The molecule has 1 aromatic carbocycles. The van der Waals surface area contributed by atoms with E-state index in [2.05, 4.69) is 24.1 Å². The highest BCUT2D eigenvalue weighted by Crippen LogP contribution is 2.17. The van der Waals surface area contributed by atoms with Crippen molar-refractivity contribution < 1.29 is 9.53 Å². The molecule has 1 amide bonds. The van der Waals surface area contributed by atoms with Gasteiger partial charge in [0, 0.05) is 11.9 Å². The molecule has 1 heterocycles. The quantitative estimate of drug-likeness (QED) is 0.887. The molecule has 0 aliphatic heterocycles. The van der Waals surface area contributed by atoms with E-state index in [4.69, 9.17) is 4.74 Å². The molecule has 0 unspecified atom stereocenters. The normalized spacial score (nSPS) is 10.4. The molecule has 0 aliphatic rings. The summed E-state index contributed by atoms with van der Waals surface area (Å²) in [5, 5.41) is 2.72. The smallest absolute Gasteiger partial charge is 0.290 e. The average Bonchev–Trinajstić information content (AvgIpc) is 2.47. The minimum atomic E-state index is -0.355. The number of amides is 1. The SMILES string of the molecule is CC(C)c1ccc(NC(=O)COc2ccc[nH]c2=O)cc1. The fraction of sp³-hybridized carbons (Fsp3) is 0.250. The monoisotopic (exact) mass is 286 g/mol. The van der Waals surface area contributed by atoms with Crippen LogP contribution in [-0.2, 0) is 4.79 Å². The molecule has 2 rings (SSSR count). The van der Waals surface area contributed by atoms with Crippen LogP contribution < -0.4 is 15.6 Å². The van der Waals surface area contributed by atoms with Crippen LogP contribution in [0.5, 0.6) is 5.75 Å². The Bertz CT molecular complexity index is 660. The first-order valence-corrected chi connectivity index (χ1v) is 6.76. The average molecular weight is 286 g/mol. The molecule has 0 saturated heterocycles. The van der Waals surface area contributed by atoms with Crippen LogP contribution in [0.2, 0.25) is 0 Å². The maximum Gasteiger partial charge on any atom is 0.290 e. The molecule has 0 fully saturated rings. The van der Waals surface area contributed by atoms with Crippen LogP contribution in [0.4, 0.5) is 5.69 Å². The van der Waals surface area contributed by atoms with E-state index in [1.54, 1.807) is 6.07 Å². The summed E-state index contributed by atoms with van der Waals surface area (Å²) in [6.07, 6.45) is 1.51. The molecule has 21 heavy (non-hydrogen) atoms. The molecule has 2 aromatic rings. The zero-order valence-electron chi connectivity index (χ0n) is 12.1. The van der Waals surface area contributed by atoms with Gasteiger partial charge in [-0.1, -0.05) is 26.0 Å². The Morgan fingerprint density at radius 3 is 2.57 bits per heavy atom. The minimum absolute atomic E-state index is 0.128. The maximum absolute atomic E-state index is 11.8. The number of benzene rings is 1. The lowest BCUT2D eigenvalue weighted by molar-refractivity contribution is -0.118. The van der Waals surface area contributed by atoms with Gasteiger partial charge in [0.05, 0.1) is 0 Å². The highest BCUT2D eigenvalue weighted by Gasteiger charge is 2.06. The van der Waals surface area contributed by atoms with E-state index < -0.39 is 0 Å². The molecular formula is C16H18N2O3. The fourth-order valence-corrected chi connectivity index (χ4v) is 1.81. The second-order valence-electron chi connectivity index (χ2n) is 4.98. The van der Waals surface area contributed by atoms with Crippen molar-refractivity contribution in [2.45, 2.75) is 19.8 Å². The first-order valence-electron chi connectivity index (χ1n) is 6.76. The summed E-state index contributed by atoms with van der Waals surface area (Å²) in [5.74, 6) is 0.265. The lowest BCUT2D eigenvalue weighted by Gasteiger charge is -2.09. The number of H-pyrrole nitrogens is 1. The van der Waals surface area contributed by atoms with Crippen LogP contribution in [0.15, 0.2) is 47.4 Å². The van der Waals surface area contributed by atoms with Gasteiger partial charge < -0.3 is 15.0 Å². The number of aromatic nitrogens is 1. The Morgan fingerprint density at radius 2 is 1.95 bits per heavy atom. The van der Waals surface area contributed by atoms with Gasteiger partial charge in [-0.3, -0.25) is 9.59 Å². The van der Waals surface area contributed by atoms with Crippen molar-refractivity contribution in [2.24, 2.45) is 0 Å². The van der Waals surface area contributed by atoms with Gasteiger partial charge >= 0.3 is 0 Å². The number of aromatic amines is 1. The van der Waals surface area contributed by atoms with Crippen LogP contribution in [-0.4, -0.2) is 17.5 Å². The Morgan fingerprint density at radius 1 is 1.24 bits per heavy atom. The van der Waals surface area contributed by atoms with Gasteiger partial charge in [0.1, 0.15) is 0 Å². The highest BCUT2D eigenvalue weighted by atomic mass is 16.5.